The lowest BCUT2D eigenvalue weighted by Gasteiger charge is -2.18. The Balaban J connectivity index is 1.49. The average molecular weight is 613 g/mol. The maximum atomic E-state index is 13.0. The summed E-state index contributed by atoms with van der Waals surface area (Å²) < 4.78 is 26.6. The highest BCUT2D eigenvalue weighted by molar-refractivity contribution is 5.85. The van der Waals surface area contributed by atoms with Gasteiger partial charge < -0.3 is 34.7 Å². The number of amides is 1. The molecule has 232 valence electrons. The van der Waals surface area contributed by atoms with E-state index in [2.05, 4.69) is 5.32 Å². The first-order valence-corrected chi connectivity index (χ1v) is 14.0. The van der Waals surface area contributed by atoms with Crippen LogP contribution in [0.2, 0.25) is 0 Å². The van der Waals surface area contributed by atoms with Crippen molar-refractivity contribution in [3.8, 4) is 11.5 Å². The minimum Gasteiger partial charge on any atom is -0.459 e. The van der Waals surface area contributed by atoms with Crippen molar-refractivity contribution in [2.24, 2.45) is 5.73 Å². The summed E-state index contributed by atoms with van der Waals surface area (Å²) in [7, 11) is 0. The van der Waals surface area contributed by atoms with Crippen LogP contribution in [0.25, 0.3) is 0 Å². The lowest BCUT2D eigenvalue weighted by atomic mass is 10.0. The Hall–Kier alpha value is -5.68. The predicted molar refractivity (Wildman–Crippen MR) is 162 cm³/mol. The lowest BCUT2D eigenvalue weighted by Crippen LogP contribution is -2.45. The highest BCUT2D eigenvalue weighted by Crippen LogP contribution is 2.30. The molecule has 0 heterocycles. The van der Waals surface area contributed by atoms with Gasteiger partial charge in [0.05, 0.1) is 6.54 Å². The second kappa shape index (κ2) is 16.8. The molecule has 4 aromatic rings. The second-order valence-corrected chi connectivity index (χ2v) is 9.66. The van der Waals surface area contributed by atoms with Crippen molar-refractivity contribution in [1.82, 2.24) is 5.32 Å². The fourth-order valence-electron chi connectivity index (χ4n) is 4.03. The molecule has 1 atom stereocenters. The largest absolute Gasteiger partial charge is 0.514 e. The first kappa shape index (κ1) is 32.2. The topological polar surface area (TPSA) is 152 Å². The van der Waals surface area contributed by atoms with Gasteiger partial charge in [-0.25, -0.2) is 14.4 Å². The monoisotopic (exact) mass is 612 g/mol. The normalized spacial score (nSPS) is 11.0. The number of ether oxygens (including phenoxy) is 5. The van der Waals surface area contributed by atoms with E-state index < -0.39 is 30.2 Å². The van der Waals surface area contributed by atoms with Gasteiger partial charge in [0.25, 0.3) is 0 Å². The highest BCUT2D eigenvalue weighted by atomic mass is 16.7. The van der Waals surface area contributed by atoms with Crippen LogP contribution in [0.1, 0.15) is 22.3 Å². The molecule has 1 amide bonds. The van der Waals surface area contributed by atoms with Crippen molar-refractivity contribution < 1.29 is 42.9 Å². The molecule has 0 aliphatic rings. The quantitative estimate of drug-likeness (QED) is 0.122. The molecule has 0 saturated heterocycles. The van der Waals surface area contributed by atoms with Gasteiger partial charge in [-0.15, -0.1) is 0 Å². The SMILES string of the molecule is NCC(=O)N[C@@H](Cc1ccc(OC(=O)OCc2ccccc2)c(OC(=O)OCc2ccccc2)c1)C(=O)OCc1ccccc1. The Morgan fingerprint density at radius 2 is 1.04 bits per heavy atom. The molecule has 0 fully saturated rings. The van der Waals surface area contributed by atoms with Crippen LogP contribution in [0, 0.1) is 0 Å². The molecule has 0 saturated carbocycles. The van der Waals surface area contributed by atoms with Gasteiger partial charge in [-0.3, -0.25) is 4.79 Å². The number of carbonyl (C=O) groups excluding carboxylic acids is 4. The lowest BCUT2D eigenvalue weighted by molar-refractivity contribution is -0.149. The van der Waals surface area contributed by atoms with Crippen LogP contribution in [-0.2, 0) is 50.0 Å². The van der Waals surface area contributed by atoms with Crippen molar-refractivity contribution in [2.75, 3.05) is 6.54 Å². The number of esters is 1. The zero-order valence-electron chi connectivity index (χ0n) is 24.3. The molecule has 3 N–H and O–H groups in total. The van der Waals surface area contributed by atoms with E-state index >= 15 is 0 Å². The summed E-state index contributed by atoms with van der Waals surface area (Å²) in [5.74, 6) is -1.58. The Kier molecular flexibility index (Phi) is 12.1. The summed E-state index contributed by atoms with van der Waals surface area (Å²) in [6, 6.07) is 30.2. The third-order valence-electron chi connectivity index (χ3n) is 6.26. The average Bonchev–Trinajstić information content (AvgIpc) is 3.07. The van der Waals surface area contributed by atoms with Gasteiger partial charge in [0.1, 0.15) is 25.9 Å². The Bertz CT molecular complexity index is 1560. The smallest absolute Gasteiger partial charge is 0.459 e. The molecular weight excluding hydrogens is 580 g/mol. The van der Waals surface area contributed by atoms with Crippen LogP contribution in [0.4, 0.5) is 9.59 Å². The molecule has 0 radical (unpaired) electrons. The van der Waals surface area contributed by atoms with Crippen molar-refractivity contribution in [3.63, 3.8) is 0 Å². The number of rotatable bonds is 13. The molecule has 0 aliphatic carbocycles. The number of hydrogen-bond donors (Lipinski definition) is 2. The van der Waals surface area contributed by atoms with E-state index in [1.54, 1.807) is 60.7 Å². The number of hydrogen-bond acceptors (Lipinski definition) is 10. The fourth-order valence-corrected chi connectivity index (χ4v) is 4.03. The van der Waals surface area contributed by atoms with Gasteiger partial charge in [-0.1, -0.05) is 97.1 Å². The maximum Gasteiger partial charge on any atom is 0.514 e. The summed E-state index contributed by atoms with van der Waals surface area (Å²) in [5.41, 5.74) is 8.14. The van der Waals surface area contributed by atoms with Crippen LogP contribution in [0.5, 0.6) is 11.5 Å². The van der Waals surface area contributed by atoms with E-state index in [9.17, 15) is 19.2 Å². The van der Waals surface area contributed by atoms with E-state index in [4.69, 9.17) is 29.4 Å². The van der Waals surface area contributed by atoms with Gasteiger partial charge in [-0.05, 0) is 34.4 Å². The molecular formula is C34H32N2O9. The molecule has 11 heteroatoms. The Labute approximate surface area is 259 Å². The van der Waals surface area contributed by atoms with Gasteiger partial charge in [-0.2, -0.15) is 0 Å². The van der Waals surface area contributed by atoms with Crippen LogP contribution < -0.4 is 20.5 Å². The zero-order valence-corrected chi connectivity index (χ0v) is 24.3. The molecule has 0 bridgehead atoms. The number of carbonyl (C=O) groups is 4. The van der Waals surface area contributed by atoms with E-state index in [0.29, 0.717) is 5.56 Å². The van der Waals surface area contributed by atoms with Gasteiger partial charge >= 0.3 is 18.3 Å². The molecule has 0 aromatic heterocycles. The summed E-state index contributed by atoms with van der Waals surface area (Å²) in [6.45, 7) is -0.452. The van der Waals surface area contributed by atoms with Gasteiger partial charge in [0, 0.05) is 6.42 Å². The summed E-state index contributed by atoms with van der Waals surface area (Å²) >= 11 is 0. The molecule has 0 spiro atoms. The first-order chi connectivity index (χ1) is 21.9. The highest BCUT2D eigenvalue weighted by Gasteiger charge is 2.24. The molecule has 11 nitrogen and oxygen atoms in total. The zero-order chi connectivity index (χ0) is 31.9. The molecule has 4 rings (SSSR count). The number of nitrogens with two attached hydrogens (primary N) is 1. The third-order valence-corrected chi connectivity index (χ3v) is 6.26. The first-order valence-electron chi connectivity index (χ1n) is 14.0. The van der Waals surface area contributed by atoms with Crippen LogP contribution in [0.15, 0.2) is 109 Å². The van der Waals surface area contributed by atoms with Crippen LogP contribution >= 0.6 is 0 Å². The number of nitrogens with one attached hydrogen (secondary N) is 1. The summed E-state index contributed by atoms with van der Waals surface area (Å²) in [5, 5.41) is 2.55. The minimum atomic E-state index is -1.12. The van der Waals surface area contributed by atoms with E-state index in [1.807, 2.05) is 30.3 Å². The second-order valence-electron chi connectivity index (χ2n) is 9.66. The van der Waals surface area contributed by atoms with Crippen molar-refractivity contribution >= 4 is 24.2 Å². The fraction of sp³-hybridized carbons (Fsp3) is 0.176. The van der Waals surface area contributed by atoms with Gasteiger partial charge in [0.15, 0.2) is 11.5 Å². The van der Waals surface area contributed by atoms with E-state index in [1.165, 1.54) is 18.2 Å². The van der Waals surface area contributed by atoms with Crippen molar-refractivity contribution in [3.05, 3.63) is 131 Å². The van der Waals surface area contributed by atoms with Gasteiger partial charge in [0.2, 0.25) is 5.91 Å². The van der Waals surface area contributed by atoms with Crippen molar-refractivity contribution in [2.45, 2.75) is 32.3 Å². The predicted octanol–water partition coefficient (Wildman–Crippen LogP) is 4.85. The molecule has 0 unspecified atom stereocenters. The number of benzene rings is 4. The molecule has 0 aliphatic heterocycles. The third kappa shape index (κ3) is 10.8. The van der Waals surface area contributed by atoms with E-state index in [0.717, 1.165) is 16.7 Å². The van der Waals surface area contributed by atoms with Crippen LogP contribution in [-0.4, -0.2) is 36.8 Å². The molecule has 45 heavy (non-hydrogen) atoms. The summed E-state index contributed by atoms with van der Waals surface area (Å²) in [4.78, 5) is 50.2. The molecule has 4 aromatic carbocycles. The van der Waals surface area contributed by atoms with Crippen LogP contribution in [0.3, 0.4) is 0 Å². The Morgan fingerprint density at radius 3 is 1.53 bits per heavy atom. The minimum absolute atomic E-state index is 0.00580. The maximum absolute atomic E-state index is 13.0. The standard InChI is InChI=1S/C34H32N2O9/c35-20-31(37)36-28(32(38)41-21-24-10-4-1-5-11-24)18-27-16-17-29(44-33(39)42-22-25-12-6-2-7-13-25)30(19-27)45-34(40)43-23-26-14-8-3-9-15-26/h1-17,19,28H,18,20-23,35H2,(H,36,37)/t28-/m0/s1. The van der Waals surface area contributed by atoms with E-state index in [-0.39, 0.29) is 44.3 Å². The van der Waals surface area contributed by atoms with Crippen molar-refractivity contribution in [1.29, 1.82) is 0 Å². The Morgan fingerprint density at radius 1 is 0.578 bits per heavy atom. The summed E-state index contributed by atoms with van der Waals surface area (Å²) in [6.07, 6.45) is -2.16.